The van der Waals surface area contributed by atoms with Gasteiger partial charge in [-0.05, 0) is 63.5 Å². The van der Waals surface area contributed by atoms with Crippen LogP contribution in [0.25, 0.3) is 0 Å². The average molecular weight is 488 g/mol. The second-order valence-electron chi connectivity index (χ2n) is 8.08. The Morgan fingerprint density at radius 2 is 1.83 bits per heavy atom. The summed E-state index contributed by atoms with van der Waals surface area (Å²) in [5.74, 6) is 0.632. The molecule has 35 heavy (non-hydrogen) atoms. The van der Waals surface area contributed by atoms with Crippen LogP contribution < -0.4 is 9.64 Å². The molecule has 1 saturated heterocycles. The van der Waals surface area contributed by atoms with Crippen LogP contribution in [-0.4, -0.2) is 36.1 Å². The number of benzene rings is 1. The molecule has 1 aromatic carbocycles. The largest absolute Gasteiger partial charge is 0.494 e. The van der Waals surface area contributed by atoms with Crippen LogP contribution in [0.1, 0.15) is 45.6 Å². The van der Waals surface area contributed by atoms with Crippen LogP contribution >= 0.6 is 0 Å². The van der Waals surface area contributed by atoms with E-state index in [0.717, 1.165) is 55.9 Å². The fourth-order valence-electron chi connectivity index (χ4n) is 4.13. The van der Waals surface area contributed by atoms with Gasteiger partial charge in [-0.25, -0.2) is 0 Å². The van der Waals surface area contributed by atoms with Crippen molar-refractivity contribution in [2.75, 3.05) is 25.1 Å². The molecule has 0 amide bonds. The monoisotopic (exact) mass is 487 g/mol. The zero-order chi connectivity index (χ0) is 25.8. The van der Waals surface area contributed by atoms with Crippen molar-refractivity contribution >= 4 is 11.4 Å². The predicted octanol–water partition coefficient (Wildman–Crippen LogP) is 7.77. The molecular weight excluding hydrogens is 451 g/mol. The highest BCUT2D eigenvalue weighted by molar-refractivity contribution is 5.69. The standard InChI is InChI=1S/C23H26F3N3O.C5H10/c1-4-18(5-2)28-14-11-20(12-15-28)29(21-16-27-13-10-22(21)30-3)19-8-6-17(7-9-19)23(24,25)26;1-3-5-4-2/h4-10,13,16,20H,1,11-12,14-15H2,2-3H3;3,5H,4H2,1-2H3/b18-5+;5-3+. The summed E-state index contributed by atoms with van der Waals surface area (Å²) in [6, 6.07) is 7.13. The number of methoxy groups -OCH3 is 1. The molecule has 0 spiro atoms. The van der Waals surface area contributed by atoms with Gasteiger partial charge in [-0.2, -0.15) is 13.2 Å². The molecule has 3 rings (SSSR count). The molecule has 1 fully saturated rings. The number of piperidine rings is 1. The Labute approximate surface area is 207 Å². The van der Waals surface area contributed by atoms with Crippen molar-refractivity contribution in [1.82, 2.24) is 9.88 Å². The highest BCUT2D eigenvalue weighted by atomic mass is 19.4. The maximum Gasteiger partial charge on any atom is 0.416 e. The Bertz CT molecular complexity index is 976. The van der Waals surface area contributed by atoms with E-state index in [9.17, 15) is 13.2 Å². The van der Waals surface area contributed by atoms with Gasteiger partial charge in [0.05, 0.1) is 18.9 Å². The van der Waals surface area contributed by atoms with Crippen molar-refractivity contribution in [3.05, 3.63) is 84.9 Å². The van der Waals surface area contributed by atoms with Gasteiger partial charge in [0, 0.05) is 42.8 Å². The second-order valence-corrected chi connectivity index (χ2v) is 8.08. The first kappa shape index (κ1) is 28.0. The lowest BCUT2D eigenvalue weighted by molar-refractivity contribution is -0.137. The van der Waals surface area contributed by atoms with E-state index in [1.54, 1.807) is 25.6 Å². The number of allylic oxidation sites excluding steroid dienone is 4. The first-order chi connectivity index (χ1) is 16.8. The van der Waals surface area contributed by atoms with E-state index >= 15 is 0 Å². The van der Waals surface area contributed by atoms with Gasteiger partial charge in [0.15, 0.2) is 0 Å². The van der Waals surface area contributed by atoms with Crippen LogP contribution in [0.3, 0.4) is 0 Å². The molecule has 0 N–H and O–H groups in total. The number of likely N-dealkylation sites (tertiary alicyclic amines) is 1. The molecule has 0 atom stereocenters. The van der Waals surface area contributed by atoms with Crippen molar-refractivity contribution in [1.29, 1.82) is 0 Å². The molecule has 7 heteroatoms. The van der Waals surface area contributed by atoms with Crippen molar-refractivity contribution < 1.29 is 17.9 Å². The van der Waals surface area contributed by atoms with E-state index in [1.165, 1.54) is 12.1 Å². The molecular formula is C28H36F3N3O. The molecule has 0 radical (unpaired) electrons. The smallest absolute Gasteiger partial charge is 0.416 e. The van der Waals surface area contributed by atoms with Gasteiger partial charge in [0.2, 0.25) is 0 Å². The average Bonchev–Trinajstić information content (AvgIpc) is 2.87. The fraction of sp³-hybridized carbons (Fsp3) is 0.393. The Balaban J connectivity index is 0.000000784. The number of halogens is 3. The highest BCUT2D eigenvalue weighted by Crippen LogP contribution is 2.39. The lowest BCUT2D eigenvalue weighted by Gasteiger charge is -2.41. The Morgan fingerprint density at radius 1 is 1.17 bits per heavy atom. The van der Waals surface area contributed by atoms with Crippen LogP contribution in [0.5, 0.6) is 5.75 Å². The zero-order valence-electron chi connectivity index (χ0n) is 21.1. The molecule has 0 bridgehead atoms. The van der Waals surface area contributed by atoms with Crippen molar-refractivity contribution in [2.45, 2.75) is 52.3 Å². The molecule has 1 aliphatic rings. The number of hydrogen-bond donors (Lipinski definition) is 0. The second kappa shape index (κ2) is 13.6. The minimum atomic E-state index is -4.37. The number of hydrogen-bond acceptors (Lipinski definition) is 4. The van der Waals surface area contributed by atoms with E-state index in [4.69, 9.17) is 4.74 Å². The predicted molar refractivity (Wildman–Crippen MR) is 138 cm³/mol. The number of rotatable bonds is 7. The first-order valence-corrected chi connectivity index (χ1v) is 11.9. The third-order valence-electron chi connectivity index (χ3n) is 5.88. The third kappa shape index (κ3) is 7.64. The van der Waals surface area contributed by atoms with Gasteiger partial charge in [-0.15, -0.1) is 0 Å². The van der Waals surface area contributed by atoms with Crippen LogP contribution in [0, 0.1) is 0 Å². The Morgan fingerprint density at radius 3 is 2.29 bits per heavy atom. The molecule has 0 aliphatic carbocycles. The first-order valence-electron chi connectivity index (χ1n) is 11.9. The third-order valence-corrected chi connectivity index (χ3v) is 5.88. The van der Waals surface area contributed by atoms with Crippen LogP contribution in [-0.2, 0) is 6.18 Å². The van der Waals surface area contributed by atoms with E-state index in [0.29, 0.717) is 11.4 Å². The maximum absolute atomic E-state index is 13.0. The van der Waals surface area contributed by atoms with E-state index in [2.05, 4.69) is 35.5 Å². The quantitative estimate of drug-likeness (QED) is 0.295. The lowest BCUT2D eigenvalue weighted by Crippen LogP contribution is -2.42. The molecule has 190 valence electrons. The number of pyridine rings is 1. The van der Waals surface area contributed by atoms with Gasteiger partial charge >= 0.3 is 6.18 Å². The minimum Gasteiger partial charge on any atom is -0.494 e. The number of ether oxygens (including phenoxy) is 1. The van der Waals surface area contributed by atoms with Gasteiger partial charge in [-0.1, -0.05) is 31.7 Å². The van der Waals surface area contributed by atoms with Crippen LogP contribution in [0.15, 0.2) is 79.3 Å². The van der Waals surface area contributed by atoms with E-state index in [1.807, 2.05) is 30.9 Å². The Kier molecular flexibility index (Phi) is 10.9. The fourth-order valence-corrected chi connectivity index (χ4v) is 4.13. The van der Waals surface area contributed by atoms with Crippen molar-refractivity contribution in [2.24, 2.45) is 0 Å². The molecule has 0 unspecified atom stereocenters. The van der Waals surface area contributed by atoms with E-state index in [-0.39, 0.29) is 6.04 Å². The Hall–Kier alpha value is -3.22. The van der Waals surface area contributed by atoms with Gasteiger partial charge in [-0.3, -0.25) is 4.98 Å². The summed E-state index contributed by atoms with van der Waals surface area (Å²) in [6.07, 6.45) is 9.87. The van der Waals surface area contributed by atoms with Gasteiger partial charge in [0.25, 0.3) is 0 Å². The summed E-state index contributed by atoms with van der Waals surface area (Å²) in [5, 5.41) is 0. The lowest BCUT2D eigenvalue weighted by atomic mass is 10.00. The summed E-state index contributed by atoms with van der Waals surface area (Å²) >= 11 is 0. The number of nitrogens with zero attached hydrogens (tertiary/aromatic N) is 3. The molecule has 2 aromatic rings. The minimum absolute atomic E-state index is 0.0963. The molecule has 0 saturated carbocycles. The molecule has 2 heterocycles. The highest BCUT2D eigenvalue weighted by Gasteiger charge is 2.32. The van der Waals surface area contributed by atoms with Crippen molar-refractivity contribution in [3.63, 3.8) is 0 Å². The summed E-state index contributed by atoms with van der Waals surface area (Å²) < 4.78 is 44.6. The van der Waals surface area contributed by atoms with Crippen LogP contribution in [0.2, 0.25) is 0 Å². The van der Waals surface area contributed by atoms with Gasteiger partial charge < -0.3 is 14.5 Å². The number of alkyl halides is 3. The summed E-state index contributed by atoms with van der Waals surface area (Å²) in [6.45, 7) is 11.7. The maximum atomic E-state index is 13.0. The van der Waals surface area contributed by atoms with Gasteiger partial charge in [0.1, 0.15) is 11.4 Å². The summed E-state index contributed by atoms with van der Waals surface area (Å²) in [5.41, 5.74) is 1.85. The summed E-state index contributed by atoms with van der Waals surface area (Å²) in [4.78, 5) is 8.55. The molecule has 1 aromatic heterocycles. The number of anilines is 2. The molecule has 1 aliphatic heterocycles. The number of aromatic nitrogens is 1. The topological polar surface area (TPSA) is 28.6 Å². The van der Waals surface area contributed by atoms with E-state index < -0.39 is 11.7 Å². The van der Waals surface area contributed by atoms with Crippen LogP contribution in [0.4, 0.5) is 24.5 Å². The SMILES string of the molecule is C/C=C/CC.C=C/C(=C\C)N1CCC(N(c2ccc(C(F)(F)F)cc2)c2cnccc2OC)CC1. The summed E-state index contributed by atoms with van der Waals surface area (Å²) in [7, 11) is 1.58. The normalized spacial score (nSPS) is 14.9. The molecule has 4 nitrogen and oxygen atoms in total. The zero-order valence-corrected chi connectivity index (χ0v) is 21.1. The van der Waals surface area contributed by atoms with Crippen molar-refractivity contribution in [3.8, 4) is 5.75 Å².